The molecule has 5 atom stereocenters. The number of hydrogen-bond donors (Lipinski definition) is 0. The second-order valence-corrected chi connectivity index (χ2v) is 8.63. The van der Waals surface area contributed by atoms with Gasteiger partial charge in [0.15, 0.2) is 0 Å². The fraction of sp³-hybridized carbons (Fsp3) is 0.636. The molecule has 2 saturated carbocycles. The molecule has 1 aromatic rings. The minimum atomic E-state index is -0.0159. The van der Waals surface area contributed by atoms with Gasteiger partial charge in [-0.05, 0) is 81.3 Å². The third-order valence-corrected chi connectivity index (χ3v) is 7.76. The van der Waals surface area contributed by atoms with Crippen LogP contribution in [0.15, 0.2) is 31.0 Å². The molecule has 0 spiro atoms. The van der Waals surface area contributed by atoms with Gasteiger partial charge in [-0.1, -0.05) is 37.3 Å². The highest BCUT2D eigenvalue weighted by atomic mass is 16.5. The van der Waals surface area contributed by atoms with Crippen LogP contribution in [0.3, 0.4) is 0 Å². The molecule has 0 saturated heterocycles. The van der Waals surface area contributed by atoms with Gasteiger partial charge >= 0.3 is 0 Å². The van der Waals surface area contributed by atoms with Crippen molar-refractivity contribution in [3.8, 4) is 0 Å². The summed E-state index contributed by atoms with van der Waals surface area (Å²) in [6.45, 7) is 10.9. The molecule has 0 aromatic heterocycles. The van der Waals surface area contributed by atoms with Crippen molar-refractivity contribution < 1.29 is 4.74 Å². The van der Waals surface area contributed by atoms with Crippen molar-refractivity contribution >= 4 is 0 Å². The summed E-state index contributed by atoms with van der Waals surface area (Å²) in [7, 11) is 0. The Bertz CT molecular complexity index is 633. The smallest absolute Gasteiger partial charge is 0.111 e. The lowest BCUT2D eigenvalue weighted by Gasteiger charge is -2.53. The Kier molecular flexibility index (Phi) is 3.41. The summed E-state index contributed by atoms with van der Waals surface area (Å²) in [6.07, 6.45) is 9.43. The number of fused-ring (bicyclic) bond motifs is 5. The molecule has 0 N–H and O–H groups in total. The van der Waals surface area contributed by atoms with Crippen LogP contribution >= 0.6 is 0 Å². The predicted octanol–water partition coefficient (Wildman–Crippen LogP) is 5.77. The minimum absolute atomic E-state index is 0.0159. The maximum atomic E-state index is 6.09. The molecule has 124 valence electrons. The first-order valence-corrected chi connectivity index (χ1v) is 9.37. The molecular weight excluding hydrogens is 280 g/mol. The molecule has 0 heterocycles. The van der Waals surface area contributed by atoms with Crippen molar-refractivity contribution in [2.24, 2.45) is 17.3 Å². The molecule has 3 unspecified atom stereocenters. The van der Waals surface area contributed by atoms with Gasteiger partial charge in [0, 0.05) is 5.41 Å². The third kappa shape index (κ3) is 2.05. The summed E-state index contributed by atoms with van der Waals surface area (Å²) < 4.78 is 6.09. The Labute approximate surface area is 141 Å². The van der Waals surface area contributed by atoms with E-state index in [-0.39, 0.29) is 5.60 Å². The number of hydrogen-bond acceptors (Lipinski definition) is 1. The van der Waals surface area contributed by atoms with E-state index in [0.29, 0.717) is 5.41 Å². The summed E-state index contributed by atoms with van der Waals surface area (Å²) in [6, 6.07) is 7.17. The van der Waals surface area contributed by atoms with E-state index >= 15 is 0 Å². The maximum Gasteiger partial charge on any atom is 0.111 e. The van der Waals surface area contributed by atoms with E-state index in [1.165, 1.54) is 44.1 Å². The molecule has 0 amide bonds. The van der Waals surface area contributed by atoms with Gasteiger partial charge in [0.2, 0.25) is 0 Å². The molecule has 1 heteroatoms. The fourth-order valence-electron chi connectivity index (χ4n) is 6.31. The van der Waals surface area contributed by atoms with E-state index in [9.17, 15) is 0 Å². The molecule has 0 bridgehead atoms. The van der Waals surface area contributed by atoms with Crippen LogP contribution in [0.1, 0.15) is 68.6 Å². The Balaban J connectivity index is 1.68. The molecule has 1 aromatic carbocycles. The van der Waals surface area contributed by atoms with Gasteiger partial charge in [0.05, 0.1) is 6.26 Å². The van der Waals surface area contributed by atoms with Crippen molar-refractivity contribution in [2.45, 2.75) is 70.8 Å². The van der Waals surface area contributed by atoms with Crippen LogP contribution in [0.5, 0.6) is 0 Å². The van der Waals surface area contributed by atoms with Gasteiger partial charge in [0.1, 0.15) is 5.60 Å². The quantitative estimate of drug-likeness (QED) is 0.630. The standard InChI is InChI=1S/C22H30O/c1-5-23-22(4)13-11-20-19-9-7-16-14-15(2)6-8-17(16)18(19)10-12-21(20,22)3/h5-6,8,14,18-20H,1,7,9-13H2,2-4H3/t18?,19?,20?,21-,22-/m0/s1. The molecule has 2 fully saturated rings. The fourth-order valence-corrected chi connectivity index (χ4v) is 6.31. The second kappa shape index (κ2) is 5.13. The average molecular weight is 310 g/mol. The van der Waals surface area contributed by atoms with Crippen molar-refractivity contribution in [2.75, 3.05) is 0 Å². The van der Waals surface area contributed by atoms with Gasteiger partial charge in [-0.15, -0.1) is 0 Å². The first kappa shape index (κ1) is 15.3. The predicted molar refractivity (Wildman–Crippen MR) is 95.5 cm³/mol. The number of ether oxygens (including phenoxy) is 1. The van der Waals surface area contributed by atoms with Gasteiger partial charge in [-0.25, -0.2) is 0 Å². The van der Waals surface area contributed by atoms with E-state index < -0.39 is 0 Å². The Morgan fingerprint density at radius 1 is 1.17 bits per heavy atom. The Hall–Kier alpha value is -1.24. The largest absolute Gasteiger partial charge is 0.495 e. The lowest BCUT2D eigenvalue weighted by molar-refractivity contribution is -0.0969. The lowest BCUT2D eigenvalue weighted by atomic mass is 9.53. The van der Waals surface area contributed by atoms with Crippen LogP contribution < -0.4 is 0 Å². The Morgan fingerprint density at radius 3 is 2.78 bits per heavy atom. The van der Waals surface area contributed by atoms with Crippen molar-refractivity contribution in [1.82, 2.24) is 0 Å². The van der Waals surface area contributed by atoms with E-state index in [0.717, 1.165) is 17.8 Å². The lowest BCUT2D eigenvalue weighted by Crippen LogP contribution is -2.50. The molecule has 4 rings (SSSR count). The number of aryl methyl sites for hydroxylation is 2. The van der Waals surface area contributed by atoms with Crippen LogP contribution in [-0.2, 0) is 11.2 Å². The molecule has 1 nitrogen and oxygen atoms in total. The molecule has 3 aliphatic rings. The topological polar surface area (TPSA) is 9.23 Å². The number of benzene rings is 1. The number of rotatable bonds is 2. The van der Waals surface area contributed by atoms with E-state index in [1.54, 1.807) is 17.4 Å². The van der Waals surface area contributed by atoms with Crippen molar-refractivity contribution in [1.29, 1.82) is 0 Å². The first-order valence-electron chi connectivity index (χ1n) is 9.37. The van der Waals surface area contributed by atoms with Crippen LogP contribution in [0.25, 0.3) is 0 Å². The summed E-state index contributed by atoms with van der Waals surface area (Å²) in [4.78, 5) is 0. The molecule has 3 aliphatic carbocycles. The summed E-state index contributed by atoms with van der Waals surface area (Å²) >= 11 is 0. The van der Waals surface area contributed by atoms with Gasteiger partial charge in [-0.2, -0.15) is 0 Å². The van der Waals surface area contributed by atoms with Crippen LogP contribution in [0.2, 0.25) is 0 Å². The van der Waals surface area contributed by atoms with Gasteiger partial charge in [-0.3, -0.25) is 0 Å². The SMILES string of the molecule is C=CO[C@@]1(C)CCC2C3CCc4cc(C)ccc4C3CC[C@@]21C. The first-order chi connectivity index (χ1) is 11.0. The van der Waals surface area contributed by atoms with Gasteiger partial charge in [0.25, 0.3) is 0 Å². The second-order valence-electron chi connectivity index (χ2n) is 8.63. The van der Waals surface area contributed by atoms with Crippen molar-refractivity contribution in [3.05, 3.63) is 47.7 Å². The zero-order valence-electron chi connectivity index (χ0n) is 14.9. The zero-order chi connectivity index (χ0) is 16.2. The molecule has 23 heavy (non-hydrogen) atoms. The van der Waals surface area contributed by atoms with Crippen LogP contribution in [0.4, 0.5) is 0 Å². The van der Waals surface area contributed by atoms with Crippen LogP contribution in [-0.4, -0.2) is 5.60 Å². The monoisotopic (exact) mass is 310 g/mol. The molecule has 0 aliphatic heterocycles. The van der Waals surface area contributed by atoms with Crippen molar-refractivity contribution in [3.63, 3.8) is 0 Å². The van der Waals surface area contributed by atoms with E-state index in [1.807, 2.05) is 0 Å². The normalized spacial score (nSPS) is 41.6. The minimum Gasteiger partial charge on any atom is -0.495 e. The maximum absolute atomic E-state index is 6.09. The van der Waals surface area contributed by atoms with Crippen LogP contribution in [0, 0.1) is 24.2 Å². The third-order valence-electron chi connectivity index (χ3n) is 7.76. The van der Waals surface area contributed by atoms with E-state index in [4.69, 9.17) is 4.74 Å². The molecular formula is C22H30O. The summed E-state index contributed by atoms with van der Waals surface area (Å²) in [5.41, 5.74) is 4.99. The zero-order valence-corrected chi connectivity index (χ0v) is 14.9. The highest BCUT2D eigenvalue weighted by Gasteiger charge is 2.61. The average Bonchev–Trinajstić information content (AvgIpc) is 2.79. The van der Waals surface area contributed by atoms with Gasteiger partial charge < -0.3 is 4.74 Å². The summed E-state index contributed by atoms with van der Waals surface area (Å²) in [5.74, 6) is 2.43. The Morgan fingerprint density at radius 2 is 2.00 bits per heavy atom. The molecule has 0 radical (unpaired) electrons. The summed E-state index contributed by atoms with van der Waals surface area (Å²) in [5, 5.41) is 0. The highest BCUT2D eigenvalue weighted by molar-refractivity contribution is 5.38. The highest BCUT2D eigenvalue weighted by Crippen LogP contribution is 2.65. The van der Waals surface area contributed by atoms with E-state index in [2.05, 4.69) is 45.5 Å².